The van der Waals surface area contributed by atoms with Gasteiger partial charge in [0.2, 0.25) is 0 Å². The molecule has 0 radical (unpaired) electrons. The summed E-state index contributed by atoms with van der Waals surface area (Å²) in [5, 5.41) is 3.28. The fourth-order valence-electron chi connectivity index (χ4n) is 2.17. The Kier molecular flexibility index (Phi) is 2.15. The highest BCUT2D eigenvalue weighted by atomic mass is 16.1. The maximum Gasteiger partial charge on any atom is 0.326 e. The van der Waals surface area contributed by atoms with Crippen LogP contribution in [0.2, 0.25) is 0 Å². The van der Waals surface area contributed by atoms with Crippen LogP contribution in [0.15, 0.2) is 35.1 Å². The molecule has 0 bridgehead atoms. The predicted molar refractivity (Wildman–Crippen MR) is 62.2 cm³/mol. The van der Waals surface area contributed by atoms with Crippen molar-refractivity contribution in [2.75, 3.05) is 6.54 Å². The Morgan fingerprint density at radius 3 is 2.81 bits per heavy atom. The standard InChI is InChI=1S/C12H13N3O/c16-12-14-11(9-4-2-1-3-5-9)10-8-13-6-7-15(10)12/h1-5,13H,6-8H2,(H,14,16). The van der Waals surface area contributed by atoms with Gasteiger partial charge in [0.15, 0.2) is 0 Å². The molecule has 4 heteroatoms. The van der Waals surface area contributed by atoms with Gasteiger partial charge in [0.05, 0.1) is 11.4 Å². The molecular weight excluding hydrogens is 202 g/mol. The monoisotopic (exact) mass is 215 g/mol. The molecule has 1 aliphatic rings. The fraction of sp³-hybridized carbons (Fsp3) is 0.250. The van der Waals surface area contributed by atoms with E-state index in [1.54, 1.807) is 0 Å². The van der Waals surface area contributed by atoms with Gasteiger partial charge in [-0.2, -0.15) is 0 Å². The molecule has 0 fully saturated rings. The Bertz CT molecular complexity index is 553. The van der Waals surface area contributed by atoms with Crippen molar-refractivity contribution >= 4 is 0 Å². The molecule has 0 aliphatic carbocycles. The van der Waals surface area contributed by atoms with Crippen LogP contribution in [-0.4, -0.2) is 16.1 Å². The van der Waals surface area contributed by atoms with Gasteiger partial charge in [0.1, 0.15) is 0 Å². The number of aromatic nitrogens is 2. The lowest BCUT2D eigenvalue weighted by molar-refractivity contribution is 0.507. The number of hydrogen-bond donors (Lipinski definition) is 2. The summed E-state index contributed by atoms with van der Waals surface area (Å²) >= 11 is 0. The lowest BCUT2D eigenvalue weighted by Crippen LogP contribution is -2.32. The van der Waals surface area contributed by atoms with Crippen LogP contribution in [-0.2, 0) is 13.1 Å². The summed E-state index contributed by atoms with van der Waals surface area (Å²) in [4.78, 5) is 14.7. The molecule has 0 atom stereocenters. The second kappa shape index (κ2) is 3.64. The van der Waals surface area contributed by atoms with Crippen LogP contribution >= 0.6 is 0 Å². The van der Waals surface area contributed by atoms with E-state index >= 15 is 0 Å². The van der Waals surface area contributed by atoms with E-state index in [1.807, 2.05) is 34.9 Å². The lowest BCUT2D eigenvalue weighted by atomic mass is 10.1. The van der Waals surface area contributed by atoms with Crippen molar-refractivity contribution in [3.63, 3.8) is 0 Å². The molecule has 82 valence electrons. The van der Waals surface area contributed by atoms with E-state index in [2.05, 4.69) is 10.3 Å². The van der Waals surface area contributed by atoms with Crippen molar-refractivity contribution < 1.29 is 0 Å². The number of fused-ring (bicyclic) bond motifs is 1. The molecule has 2 heterocycles. The van der Waals surface area contributed by atoms with Crippen molar-refractivity contribution in [1.29, 1.82) is 0 Å². The Balaban J connectivity index is 2.19. The van der Waals surface area contributed by atoms with Crippen LogP contribution in [0.25, 0.3) is 11.3 Å². The summed E-state index contributed by atoms with van der Waals surface area (Å²) in [5.74, 6) is 0. The number of imidazole rings is 1. The minimum atomic E-state index is -0.00430. The van der Waals surface area contributed by atoms with Crippen LogP contribution in [0.5, 0.6) is 0 Å². The zero-order valence-electron chi connectivity index (χ0n) is 8.86. The van der Waals surface area contributed by atoms with Gasteiger partial charge in [-0.25, -0.2) is 4.79 Å². The van der Waals surface area contributed by atoms with Gasteiger partial charge in [-0.3, -0.25) is 4.57 Å². The van der Waals surface area contributed by atoms with E-state index in [4.69, 9.17) is 0 Å². The Morgan fingerprint density at radius 1 is 1.19 bits per heavy atom. The molecule has 2 N–H and O–H groups in total. The summed E-state index contributed by atoms with van der Waals surface area (Å²) in [6.07, 6.45) is 0. The van der Waals surface area contributed by atoms with Crippen molar-refractivity contribution in [1.82, 2.24) is 14.9 Å². The average Bonchev–Trinajstić information content (AvgIpc) is 2.69. The van der Waals surface area contributed by atoms with E-state index in [0.717, 1.165) is 36.6 Å². The zero-order chi connectivity index (χ0) is 11.0. The normalized spacial score (nSPS) is 14.8. The number of hydrogen-bond acceptors (Lipinski definition) is 2. The minimum Gasteiger partial charge on any atom is -0.309 e. The third-order valence-corrected chi connectivity index (χ3v) is 2.96. The molecule has 0 saturated heterocycles. The Labute approximate surface area is 92.9 Å². The molecule has 0 unspecified atom stereocenters. The predicted octanol–water partition coefficient (Wildman–Crippen LogP) is 0.947. The van der Waals surface area contributed by atoms with Gasteiger partial charge in [0, 0.05) is 19.6 Å². The van der Waals surface area contributed by atoms with Gasteiger partial charge in [0.25, 0.3) is 0 Å². The summed E-state index contributed by atoms with van der Waals surface area (Å²) in [6, 6.07) is 9.96. The second-order valence-corrected chi connectivity index (χ2v) is 3.95. The molecule has 1 aromatic heterocycles. The maximum atomic E-state index is 11.7. The zero-order valence-corrected chi connectivity index (χ0v) is 8.86. The SMILES string of the molecule is O=c1[nH]c(-c2ccccc2)c2n1CCNC2. The minimum absolute atomic E-state index is 0.00430. The summed E-state index contributed by atoms with van der Waals surface area (Å²) in [5.41, 5.74) is 3.06. The van der Waals surface area contributed by atoms with Gasteiger partial charge < -0.3 is 10.3 Å². The van der Waals surface area contributed by atoms with E-state index in [9.17, 15) is 4.79 Å². The highest BCUT2D eigenvalue weighted by Crippen LogP contribution is 2.21. The van der Waals surface area contributed by atoms with Crippen LogP contribution in [0.3, 0.4) is 0 Å². The Hall–Kier alpha value is -1.81. The third kappa shape index (κ3) is 1.39. The molecular formula is C12H13N3O. The van der Waals surface area contributed by atoms with Crippen molar-refractivity contribution in [2.24, 2.45) is 0 Å². The quantitative estimate of drug-likeness (QED) is 0.744. The number of nitrogens with zero attached hydrogens (tertiary/aromatic N) is 1. The number of nitrogens with one attached hydrogen (secondary N) is 2. The first kappa shape index (κ1) is 9.42. The van der Waals surface area contributed by atoms with E-state index in [1.165, 1.54) is 0 Å². The van der Waals surface area contributed by atoms with Crippen LogP contribution in [0.1, 0.15) is 5.69 Å². The van der Waals surface area contributed by atoms with Gasteiger partial charge in [-0.05, 0) is 5.56 Å². The van der Waals surface area contributed by atoms with Crippen molar-refractivity contribution in [3.05, 3.63) is 46.5 Å². The van der Waals surface area contributed by atoms with Crippen molar-refractivity contribution in [3.8, 4) is 11.3 Å². The fourth-order valence-corrected chi connectivity index (χ4v) is 2.17. The maximum absolute atomic E-state index is 11.7. The van der Waals surface area contributed by atoms with Gasteiger partial charge in [-0.1, -0.05) is 30.3 Å². The van der Waals surface area contributed by atoms with E-state index < -0.39 is 0 Å². The second-order valence-electron chi connectivity index (χ2n) is 3.95. The topological polar surface area (TPSA) is 49.8 Å². The summed E-state index contributed by atoms with van der Waals surface area (Å²) in [6.45, 7) is 2.36. The molecule has 2 aromatic rings. The highest BCUT2D eigenvalue weighted by Gasteiger charge is 2.17. The smallest absolute Gasteiger partial charge is 0.309 e. The average molecular weight is 215 g/mol. The molecule has 0 spiro atoms. The third-order valence-electron chi connectivity index (χ3n) is 2.96. The molecule has 1 aliphatic heterocycles. The van der Waals surface area contributed by atoms with Crippen LogP contribution < -0.4 is 11.0 Å². The lowest BCUT2D eigenvalue weighted by Gasteiger charge is -2.15. The van der Waals surface area contributed by atoms with Gasteiger partial charge in [-0.15, -0.1) is 0 Å². The molecule has 4 nitrogen and oxygen atoms in total. The molecule has 0 saturated carbocycles. The first-order valence-corrected chi connectivity index (χ1v) is 5.44. The summed E-state index contributed by atoms with van der Waals surface area (Å²) < 4.78 is 1.82. The largest absolute Gasteiger partial charge is 0.326 e. The Morgan fingerprint density at radius 2 is 2.00 bits per heavy atom. The van der Waals surface area contributed by atoms with Gasteiger partial charge >= 0.3 is 5.69 Å². The molecule has 16 heavy (non-hydrogen) atoms. The van der Waals surface area contributed by atoms with Crippen LogP contribution in [0, 0.1) is 0 Å². The molecule has 0 amide bonds. The number of H-pyrrole nitrogens is 1. The van der Waals surface area contributed by atoms with E-state index in [0.29, 0.717) is 0 Å². The molecule has 1 aromatic carbocycles. The number of rotatable bonds is 1. The first-order valence-electron chi connectivity index (χ1n) is 5.44. The van der Waals surface area contributed by atoms with Crippen LogP contribution in [0.4, 0.5) is 0 Å². The number of aromatic amines is 1. The highest BCUT2D eigenvalue weighted by molar-refractivity contribution is 5.61. The number of benzene rings is 1. The van der Waals surface area contributed by atoms with E-state index in [-0.39, 0.29) is 5.69 Å². The molecule has 3 rings (SSSR count). The summed E-state index contributed by atoms with van der Waals surface area (Å²) in [7, 11) is 0. The van der Waals surface area contributed by atoms with Crippen molar-refractivity contribution in [2.45, 2.75) is 13.1 Å². The first-order chi connectivity index (χ1) is 7.86.